The molecule has 1 aliphatic heterocycles. The van der Waals surface area contributed by atoms with Crippen LogP contribution in [0, 0.1) is 0 Å². The Morgan fingerprint density at radius 1 is 1.33 bits per heavy atom. The molecule has 2 aromatic rings. The third kappa shape index (κ3) is 2.81. The van der Waals surface area contributed by atoms with Gasteiger partial charge < -0.3 is 14.2 Å². The normalized spacial score (nSPS) is 13.3. The van der Waals surface area contributed by atoms with Crippen molar-refractivity contribution >= 4 is 5.78 Å². The van der Waals surface area contributed by atoms with E-state index < -0.39 is 0 Å². The van der Waals surface area contributed by atoms with E-state index in [-0.39, 0.29) is 5.78 Å². The van der Waals surface area contributed by atoms with E-state index >= 15 is 0 Å². The predicted molar refractivity (Wildman–Crippen MR) is 76.0 cm³/mol. The van der Waals surface area contributed by atoms with Gasteiger partial charge in [0.1, 0.15) is 23.9 Å². The first kappa shape index (κ1) is 13.4. The van der Waals surface area contributed by atoms with Gasteiger partial charge in [-0.2, -0.15) is 0 Å². The van der Waals surface area contributed by atoms with Gasteiger partial charge in [0.2, 0.25) is 0 Å². The van der Waals surface area contributed by atoms with Crippen LogP contribution in [0.15, 0.2) is 36.7 Å². The highest BCUT2D eigenvalue weighted by molar-refractivity contribution is 5.99. The quantitative estimate of drug-likeness (QED) is 0.864. The zero-order valence-electron chi connectivity index (χ0n) is 11.7. The first-order valence-corrected chi connectivity index (χ1v) is 6.67. The zero-order valence-corrected chi connectivity index (χ0v) is 11.7. The molecule has 0 spiro atoms. The Morgan fingerprint density at radius 2 is 2.24 bits per heavy atom. The average molecular weight is 285 g/mol. The van der Waals surface area contributed by atoms with Gasteiger partial charge in [-0.25, -0.2) is 0 Å². The first-order valence-electron chi connectivity index (χ1n) is 6.67. The molecule has 108 valence electrons. The van der Waals surface area contributed by atoms with Crippen molar-refractivity contribution in [3.63, 3.8) is 0 Å². The second-order valence-corrected chi connectivity index (χ2v) is 4.66. The molecule has 0 atom stereocenters. The zero-order chi connectivity index (χ0) is 14.7. The van der Waals surface area contributed by atoms with Crippen LogP contribution in [-0.2, 0) is 6.61 Å². The molecular formula is C16H15NO4. The van der Waals surface area contributed by atoms with Gasteiger partial charge >= 0.3 is 0 Å². The molecule has 1 aromatic carbocycles. The van der Waals surface area contributed by atoms with Gasteiger partial charge in [-0.3, -0.25) is 9.78 Å². The van der Waals surface area contributed by atoms with E-state index in [1.54, 1.807) is 37.7 Å². The van der Waals surface area contributed by atoms with Gasteiger partial charge in [-0.1, -0.05) is 0 Å². The van der Waals surface area contributed by atoms with Crippen LogP contribution in [0.4, 0.5) is 0 Å². The number of ketones is 1. The molecule has 3 rings (SSSR count). The lowest BCUT2D eigenvalue weighted by Gasteiger charge is -2.17. The number of Topliss-reactive ketones (excluding diaryl/α,β-unsaturated/α-hetero) is 1. The summed E-state index contributed by atoms with van der Waals surface area (Å²) in [6.07, 6.45) is 3.77. The molecule has 0 N–H and O–H groups in total. The summed E-state index contributed by atoms with van der Waals surface area (Å²) in [5.74, 6) is 2.04. The summed E-state index contributed by atoms with van der Waals surface area (Å²) in [4.78, 5) is 15.7. The third-order valence-electron chi connectivity index (χ3n) is 3.32. The Hall–Kier alpha value is -2.56. The highest BCUT2D eigenvalue weighted by Crippen LogP contribution is 2.29. The molecule has 1 aliphatic rings. The fraction of sp³-hybridized carbons (Fsp3) is 0.250. The van der Waals surface area contributed by atoms with Crippen molar-refractivity contribution < 1.29 is 19.0 Å². The van der Waals surface area contributed by atoms with Crippen LogP contribution in [0.25, 0.3) is 0 Å². The number of rotatable bonds is 4. The molecule has 5 heteroatoms. The minimum atomic E-state index is 0.110. The molecule has 1 aromatic heterocycles. The molecule has 0 saturated heterocycles. The van der Waals surface area contributed by atoms with E-state index in [9.17, 15) is 4.79 Å². The van der Waals surface area contributed by atoms with E-state index in [0.717, 1.165) is 5.56 Å². The van der Waals surface area contributed by atoms with Crippen molar-refractivity contribution in [1.29, 1.82) is 0 Å². The Kier molecular flexibility index (Phi) is 3.73. The average Bonchev–Trinajstić information content (AvgIpc) is 2.53. The van der Waals surface area contributed by atoms with Crippen molar-refractivity contribution in [3.05, 3.63) is 47.8 Å². The number of carbonyl (C=O) groups excluding carboxylic acids is 1. The van der Waals surface area contributed by atoms with Gasteiger partial charge in [0.15, 0.2) is 5.78 Å². The number of hydrogen-bond donors (Lipinski definition) is 0. The maximum absolute atomic E-state index is 11.7. The van der Waals surface area contributed by atoms with Gasteiger partial charge in [0, 0.05) is 24.2 Å². The number of methoxy groups -OCH3 is 1. The number of nitrogens with zero attached hydrogens (tertiary/aromatic N) is 1. The van der Waals surface area contributed by atoms with Gasteiger partial charge in [-0.05, 0) is 18.2 Å². The number of carbonyl (C=O) groups is 1. The highest BCUT2D eigenvalue weighted by Gasteiger charge is 2.18. The lowest BCUT2D eigenvalue weighted by atomic mass is 10.1. The van der Waals surface area contributed by atoms with Crippen molar-refractivity contribution in [3.8, 4) is 17.2 Å². The Balaban J connectivity index is 1.75. The Morgan fingerprint density at radius 3 is 3.10 bits per heavy atom. The minimum absolute atomic E-state index is 0.110. The highest BCUT2D eigenvalue weighted by atomic mass is 16.5. The number of aromatic nitrogens is 1. The van der Waals surface area contributed by atoms with E-state index in [4.69, 9.17) is 14.2 Å². The third-order valence-corrected chi connectivity index (χ3v) is 3.32. The molecule has 0 radical (unpaired) electrons. The summed E-state index contributed by atoms with van der Waals surface area (Å²) in [7, 11) is 1.60. The van der Waals surface area contributed by atoms with Gasteiger partial charge in [0.05, 0.1) is 25.5 Å². The number of fused-ring (bicyclic) bond motifs is 1. The maximum atomic E-state index is 11.7. The summed E-state index contributed by atoms with van der Waals surface area (Å²) in [6.45, 7) is 0.784. The van der Waals surface area contributed by atoms with Crippen molar-refractivity contribution in [2.75, 3.05) is 13.7 Å². The van der Waals surface area contributed by atoms with Crippen LogP contribution in [0.3, 0.4) is 0 Å². The van der Waals surface area contributed by atoms with Gasteiger partial charge in [-0.15, -0.1) is 0 Å². The molecule has 0 aliphatic carbocycles. The van der Waals surface area contributed by atoms with E-state index in [0.29, 0.717) is 42.4 Å². The van der Waals surface area contributed by atoms with Crippen LogP contribution in [-0.4, -0.2) is 24.5 Å². The topological polar surface area (TPSA) is 57.6 Å². The van der Waals surface area contributed by atoms with E-state index in [1.165, 1.54) is 0 Å². The smallest absolute Gasteiger partial charge is 0.169 e. The molecule has 0 saturated carbocycles. The summed E-state index contributed by atoms with van der Waals surface area (Å²) in [6, 6.07) is 7.12. The SMILES string of the molecule is COc1cnccc1COc1ccc2c(c1)OCCC2=O. The van der Waals surface area contributed by atoms with Crippen LogP contribution < -0.4 is 14.2 Å². The molecule has 5 nitrogen and oxygen atoms in total. The fourth-order valence-corrected chi connectivity index (χ4v) is 2.20. The summed E-state index contributed by atoms with van der Waals surface area (Å²) >= 11 is 0. The van der Waals surface area contributed by atoms with Crippen LogP contribution in [0.1, 0.15) is 22.3 Å². The summed E-state index contributed by atoms with van der Waals surface area (Å²) in [5.41, 5.74) is 1.53. The Labute approximate surface area is 122 Å². The summed E-state index contributed by atoms with van der Waals surface area (Å²) in [5, 5.41) is 0. The lowest BCUT2D eigenvalue weighted by Crippen LogP contribution is -2.15. The number of benzene rings is 1. The predicted octanol–water partition coefficient (Wildman–Crippen LogP) is 2.63. The summed E-state index contributed by atoms with van der Waals surface area (Å²) < 4.78 is 16.5. The maximum Gasteiger partial charge on any atom is 0.169 e. The van der Waals surface area contributed by atoms with Crippen molar-refractivity contribution in [1.82, 2.24) is 4.98 Å². The van der Waals surface area contributed by atoms with E-state index in [1.807, 2.05) is 6.07 Å². The molecule has 21 heavy (non-hydrogen) atoms. The monoisotopic (exact) mass is 285 g/mol. The largest absolute Gasteiger partial charge is 0.495 e. The number of ether oxygens (including phenoxy) is 3. The second kappa shape index (κ2) is 5.83. The first-order chi connectivity index (χ1) is 10.3. The van der Waals surface area contributed by atoms with Crippen LogP contribution in [0.2, 0.25) is 0 Å². The van der Waals surface area contributed by atoms with E-state index in [2.05, 4.69) is 4.98 Å². The van der Waals surface area contributed by atoms with Crippen molar-refractivity contribution in [2.24, 2.45) is 0 Å². The lowest BCUT2D eigenvalue weighted by molar-refractivity contribution is 0.0933. The number of hydrogen-bond acceptors (Lipinski definition) is 5. The van der Waals surface area contributed by atoms with Gasteiger partial charge in [0.25, 0.3) is 0 Å². The van der Waals surface area contributed by atoms with Crippen LogP contribution in [0.5, 0.6) is 17.2 Å². The molecule has 0 bridgehead atoms. The molecule has 0 amide bonds. The van der Waals surface area contributed by atoms with Crippen molar-refractivity contribution in [2.45, 2.75) is 13.0 Å². The minimum Gasteiger partial charge on any atom is -0.495 e. The standard InChI is InChI=1S/C16H15NO4/c1-19-16-9-17-6-4-11(16)10-21-12-2-3-13-14(18)5-7-20-15(13)8-12/h2-4,6,8-9H,5,7,10H2,1H3. The van der Waals surface area contributed by atoms with Crippen LogP contribution >= 0.6 is 0 Å². The number of pyridine rings is 1. The Bertz CT molecular complexity index is 669. The second-order valence-electron chi connectivity index (χ2n) is 4.66. The molecule has 0 fully saturated rings. The molecule has 0 unspecified atom stereocenters. The fourth-order valence-electron chi connectivity index (χ4n) is 2.20. The molecule has 2 heterocycles. The molecular weight excluding hydrogens is 270 g/mol.